The van der Waals surface area contributed by atoms with E-state index >= 15 is 0 Å². The minimum atomic E-state index is -1.13. The lowest BCUT2D eigenvalue weighted by atomic mass is 9.81. The highest BCUT2D eigenvalue weighted by Crippen LogP contribution is 2.29. The Morgan fingerprint density at radius 3 is 2.28 bits per heavy atom. The summed E-state index contributed by atoms with van der Waals surface area (Å²) in [6, 6.07) is 3.24. The van der Waals surface area contributed by atoms with Gasteiger partial charge in [-0.3, -0.25) is 14.4 Å². The van der Waals surface area contributed by atoms with Gasteiger partial charge in [0.1, 0.15) is 18.1 Å². The van der Waals surface area contributed by atoms with Crippen molar-refractivity contribution in [2.75, 3.05) is 25.5 Å². The zero-order valence-corrected chi connectivity index (χ0v) is 27.5. The second-order valence-electron chi connectivity index (χ2n) is 13.3. The Balaban J connectivity index is 1.52. The second kappa shape index (κ2) is 16.6. The number of aliphatic carboxylic acids is 1. The molecule has 0 bridgehead atoms. The molecule has 4 rings (SSSR count). The Hall–Kier alpha value is -3.89. The van der Waals surface area contributed by atoms with Gasteiger partial charge in [-0.15, -0.1) is 0 Å². The van der Waals surface area contributed by atoms with Crippen LogP contribution in [0.2, 0.25) is 0 Å². The Morgan fingerprint density at radius 2 is 1.61 bits per heavy atom. The maximum absolute atomic E-state index is 14.0. The van der Waals surface area contributed by atoms with E-state index in [9.17, 15) is 29.1 Å². The number of anilines is 1. The van der Waals surface area contributed by atoms with E-state index in [1.165, 1.54) is 4.90 Å². The monoisotopic (exact) mass is 637 g/mol. The lowest BCUT2D eigenvalue weighted by Crippen LogP contribution is -2.58. The number of carbonyl (C=O) groups excluding carboxylic acids is 4. The van der Waals surface area contributed by atoms with Crippen LogP contribution in [0.3, 0.4) is 0 Å². The van der Waals surface area contributed by atoms with E-state index in [-0.39, 0.29) is 17.6 Å². The topological polar surface area (TPSA) is 148 Å². The lowest BCUT2D eigenvalue weighted by Gasteiger charge is -2.32. The first-order chi connectivity index (χ1) is 22.1. The summed E-state index contributed by atoms with van der Waals surface area (Å²) in [4.78, 5) is 70.2. The van der Waals surface area contributed by atoms with Gasteiger partial charge in [0, 0.05) is 37.8 Å². The van der Waals surface area contributed by atoms with Gasteiger partial charge in [-0.05, 0) is 75.1 Å². The number of amides is 4. The number of benzene rings is 1. The number of urea groups is 1. The van der Waals surface area contributed by atoms with Crippen molar-refractivity contribution in [2.24, 2.45) is 11.8 Å². The van der Waals surface area contributed by atoms with E-state index in [0.717, 1.165) is 57.1 Å². The summed E-state index contributed by atoms with van der Waals surface area (Å²) in [5.41, 5.74) is 1.50. The Morgan fingerprint density at radius 1 is 0.935 bits per heavy atom. The summed E-state index contributed by atoms with van der Waals surface area (Å²) >= 11 is 0. The maximum atomic E-state index is 14.0. The minimum Gasteiger partial charge on any atom is -0.480 e. The number of rotatable bonds is 7. The van der Waals surface area contributed by atoms with Crippen LogP contribution in [0.15, 0.2) is 36.4 Å². The largest absolute Gasteiger partial charge is 0.480 e. The number of carbonyl (C=O) groups is 5. The van der Waals surface area contributed by atoms with Crippen molar-refractivity contribution in [3.05, 3.63) is 42.0 Å². The predicted octanol–water partition coefficient (Wildman–Crippen LogP) is 4.27. The number of ketones is 1. The van der Waals surface area contributed by atoms with E-state index in [4.69, 9.17) is 0 Å². The third-order valence-corrected chi connectivity index (χ3v) is 9.69. The molecule has 1 aliphatic carbocycles. The minimum absolute atomic E-state index is 0.00607. The van der Waals surface area contributed by atoms with Crippen molar-refractivity contribution in [1.82, 2.24) is 20.9 Å². The van der Waals surface area contributed by atoms with E-state index in [0.29, 0.717) is 37.8 Å². The van der Waals surface area contributed by atoms with Crippen LogP contribution in [0.25, 0.3) is 0 Å². The number of carboxylic acids is 1. The average molecular weight is 638 g/mol. The summed E-state index contributed by atoms with van der Waals surface area (Å²) in [6.07, 6.45) is 13.0. The smallest absolute Gasteiger partial charge is 0.326 e. The number of allylic oxidation sites excluding steroid dienone is 1. The Labute approximate surface area is 272 Å². The molecule has 46 heavy (non-hydrogen) atoms. The molecule has 0 unspecified atom stereocenters. The Bertz CT molecular complexity index is 1260. The molecule has 0 radical (unpaired) electrons. The molecule has 3 aliphatic rings. The number of fused-ring (bicyclic) bond motifs is 1. The van der Waals surface area contributed by atoms with Crippen molar-refractivity contribution in [2.45, 2.75) is 108 Å². The standard InChI is InChI=1S/C35H51N5O6/c1-23-13-8-5-4-6-11-16-27(33(43)40-22-12-17-28(40)32(42)37-29(23)34(44)45)36-35(46)38-30(24-14-9-7-10-15-24)31(41)25-18-20-26(21-19-25)39(2)3/h8,13,18-21,23-24,27-30H,4-7,9-12,14-17,22H2,1-3H3,(H,37,42)(H,44,45)(H2,36,38,46)/b13-8-/t23-,27+,28+,29-,30+/m1/s1. The zero-order valence-electron chi connectivity index (χ0n) is 27.5. The molecule has 0 spiro atoms. The van der Waals surface area contributed by atoms with Crippen LogP contribution in [0, 0.1) is 11.8 Å². The number of hydrogen-bond acceptors (Lipinski definition) is 6. The predicted molar refractivity (Wildman–Crippen MR) is 177 cm³/mol. The molecular weight excluding hydrogens is 586 g/mol. The van der Waals surface area contributed by atoms with Crippen LogP contribution in [0.4, 0.5) is 10.5 Å². The molecule has 2 fully saturated rings. The van der Waals surface area contributed by atoms with Crippen LogP contribution in [0.1, 0.15) is 94.3 Å². The van der Waals surface area contributed by atoms with Crippen LogP contribution < -0.4 is 20.9 Å². The number of Topliss-reactive ketones (excluding diaryl/α,β-unsaturated/α-hetero) is 1. The van der Waals surface area contributed by atoms with Crippen LogP contribution >= 0.6 is 0 Å². The maximum Gasteiger partial charge on any atom is 0.326 e. The first-order valence-electron chi connectivity index (χ1n) is 17.0. The molecule has 1 aromatic carbocycles. The van der Waals surface area contributed by atoms with Gasteiger partial charge in [-0.25, -0.2) is 9.59 Å². The van der Waals surface area contributed by atoms with Crippen LogP contribution in [-0.2, 0) is 14.4 Å². The van der Waals surface area contributed by atoms with Gasteiger partial charge in [-0.1, -0.05) is 51.2 Å². The highest BCUT2D eigenvalue weighted by molar-refractivity contribution is 6.02. The third-order valence-electron chi connectivity index (χ3n) is 9.69. The van der Waals surface area contributed by atoms with Gasteiger partial charge in [0.05, 0.1) is 6.04 Å². The van der Waals surface area contributed by atoms with Gasteiger partial charge in [0.2, 0.25) is 11.8 Å². The lowest BCUT2D eigenvalue weighted by molar-refractivity contribution is -0.145. The fraction of sp³-hybridized carbons (Fsp3) is 0.629. The molecule has 0 aromatic heterocycles. The van der Waals surface area contributed by atoms with Crippen molar-refractivity contribution < 1.29 is 29.1 Å². The molecule has 1 aromatic rings. The number of carboxylic acid groups (broad SMARTS) is 1. The fourth-order valence-corrected chi connectivity index (χ4v) is 6.95. The first-order valence-corrected chi connectivity index (χ1v) is 17.0. The van der Waals surface area contributed by atoms with E-state index in [1.807, 2.05) is 43.3 Å². The Kier molecular flexibility index (Phi) is 12.6. The van der Waals surface area contributed by atoms with E-state index in [2.05, 4.69) is 16.0 Å². The average Bonchev–Trinajstić information content (AvgIpc) is 3.54. The molecule has 11 nitrogen and oxygen atoms in total. The zero-order chi connectivity index (χ0) is 33.2. The van der Waals surface area contributed by atoms with Crippen molar-refractivity contribution in [3.8, 4) is 0 Å². The number of nitrogens with zero attached hydrogens (tertiary/aromatic N) is 2. The summed E-state index contributed by atoms with van der Waals surface area (Å²) in [5, 5.41) is 18.3. The molecule has 4 amide bonds. The normalized spacial score (nSPS) is 26.5. The molecule has 2 aliphatic heterocycles. The first kappa shape index (κ1) is 35.0. The quantitative estimate of drug-likeness (QED) is 0.258. The molecule has 1 saturated heterocycles. The molecular formula is C35H51N5O6. The van der Waals surface area contributed by atoms with Crippen LogP contribution in [-0.4, -0.2) is 84.4 Å². The SMILES string of the molecule is C[C@@H]1/C=C\CCCCC[C@H](NC(=O)N[C@H](C(=O)c2ccc(N(C)C)cc2)C2CCCCC2)C(=O)N2CCC[C@H]2C(=O)N[C@H]1C(=O)O. The summed E-state index contributed by atoms with van der Waals surface area (Å²) in [6.45, 7) is 2.10. The van der Waals surface area contributed by atoms with Gasteiger partial charge in [0.25, 0.3) is 0 Å². The fourth-order valence-electron chi connectivity index (χ4n) is 6.95. The van der Waals surface area contributed by atoms with E-state index in [1.54, 1.807) is 19.1 Å². The van der Waals surface area contributed by atoms with Crippen molar-refractivity contribution in [3.63, 3.8) is 0 Å². The van der Waals surface area contributed by atoms with Gasteiger partial charge >= 0.3 is 12.0 Å². The molecule has 1 saturated carbocycles. The molecule has 5 atom stereocenters. The van der Waals surface area contributed by atoms with Gasteiger partial charge in [-0.2, -0.15) is 0 Å². The number of hydrogen-bond donors (Lipinski definition) is 4. The van der Waals surface area contributed by atoms with Gasteiger partial charge < -0.3 is 30.9 Å². The molecule has 4 N–H and O–H groups in total. The summed E-state index contributed by atoms with van der Waals surface area (Å²) < 4.78 is 0. The number of nitrogens with one attached hydrogen (secondary N) is 3. The van der Waals surface area contributed by atoms with Gasteiger partial charge in [0.15, 0.2) is 5.78 Å². The molecule has 2 heterocycles. The molecule has 11 heteroatoms. The second-order valence-corrected chi connectivity index (χ2v) is 13.3. The van der Waals surface area contributed by atoms with Crippen molar-refractivity contribution in [1.29, 1.82) is 0 Å². The van der Waals surface area contributed by atoms with Crippen molar-refractivity contribution >= 4 is 35.3 Å². The summed E-state index contributed by atoms with van der Waals surface area (Å²) in [7, 11) is 3.87. The highest BCUT2D eigenvalue weighted by atomic mass is 16.4. The van der Waals surface area contributed by atoms with E-state index < -0.39 is 48.0 Å². The summed E-state index contributed by atoms with van der Waals surface area (Å²) in [5.74, 6) is -2.56. The van der Waals surface area contributed by atoms with Crippen LogP contribution in [0.5, 0.6) is 0 Å². The third kappa shape index (κ3) is 9.10. The molecule has 252 valence electrons. The highest BCUT2D eigenvalue weighted by Gasteiger charge is 2.40.